The molecule has 5 heteroatoms. The molecule has 3 aromatic rings. The van der Waals surface area contributed by atoms with Crippen LogP contribution in [-0.4, -0.2) is 26.3 Å². The van der Waals surface area contributed by atoms with Crippen molar-refractivity contribution in [2.75, 3.05) is 0 Å². The van der Waals surface area contributed by atoms with E-state index in [1.807, 2.05) is 61.3 Å². The van der Waals surface area contributed by atoms with E-state index in [2.05, 4.69) is 23.4 Å². The number of benzene rings is 1. The van der Waals surface area contributed by atoms with E-state index in [-0.39, 0.29) is 11.9 Å². The minimum atomic E-state index is -0.0536. The molecule has 0 saturated carbocycles. The van der Waals surface area contributed by atoms with Gasteiger partial charge in [-0.1, -0.05) is 18.2 Å². The zero-order valence-electron chi connectivity index (χ0n) is 14.9. The van der Waals surface area contributed by atoms with Crippen molar-refractivity contribution < 1.29 is 4.79 Å². The number of hydrogen-bond donors (Lipinski definition) is 1. The lowest BCUT2D eigenvalue weighted by Gasteiger charge is -2.15. The molecule has 2 heterocycles. The first-order chi connectivity index (χ1) is 11.4. The summed E-state index contributed by atoms with van der Waals surface area (Å²) in [5.41, 5.74) is 5.06. The molecule has 0 aliphatic rings. The second kappa shape index (κ2) is 6.15. The summed E-state index contributed by atoms with van der Waals surface area (Å²) in [6.07, 6.45) is 0. The number of nitrogens with zero attached hydrogens (tertiary/aromatic N) is 3. The third kappa shape index (κ3) is 2.94. The summed E-state index contributed by atoms with van der Waals surface area (Å²) in [6.45, 7) is 8.73. The Morgan fingerprint density at radius 3 is 2.62 bits per heavy atom. The van der Waals surface area contributed by atoms with E-state index < -0.39 is 0 Å². The molecule has 0 aliphatic heterocycles. The van der Waals surface area contributed by atoms with Gasteiger partial charge in [-0.15, -0.1) is 0 Å². The van der Waals surface area contributed by atoms with Crippen molar-refractivity contribution in [1.29, 1.82) is 0 Å². The first-order valence-corrected chi connectivity index (χ1v) is 8.23. The number of amides is 1. The highest BCUT2D eigenvalue weighted by Gasteiger charge is 2.17. The lowest BCUT2D eigenvalue weighted by Crippen LogP contribution is -2.37. The fraction of sp³-hybridized carbons (Fsp3) is 0.368. The summed E-state index contributed by atoms with van der Waals surface area (Å²) in [6, 6.07) is 10.1. The van der Waals surface area contributed by atoms with Crippen LogP contribution >= 0.6 is 0 Å². The summed E-state index contributed by atoms with van der Waals surface area (Å²) in [7, 11) is 1.94. The molecule has 0 aliphatic carbocycles. The standard InChI is InChI=1S/C19H24N4O/c1-12-7-6-8-16-10-17(22(5)18(12)16)19(24)20-14(3)11-23-15(4)9-13(2)21-23/h6-10,14H,11H2,1-5H3,(H,20,24). The van der Waals surface area contributed by atoms with Gasteiger partial charge in [0.25, 0.3) is 5.91 Å². The highest BCUT2D eigenvalue weighted by Crippen LogP contribution is 2.22. The maximum atomic E-state index is 12.7. The van der Waals surface area contributed by atoms with Gasteiger partial charge in [0.2, 0.25) is 0 Å². The number of aryl methyl sites for hydroxylation is 4. The van der Waals surface area contributed by atoms with Crippen LogP contribution in [0.1, 0.15) is 34.4 Å². The molecule has 1 unspecified atom stereocenters. The number of fused-ring (bicyclic) bond motifs is 1. The van der Waals surface area contributed by atoms with Crippen LogP contribution in [0.2, 0.25) is 0 Å². The molecule has 1 amide bonds. The van der Waals surface area contributed by atoms with E-state index in [1.54, 1.807) is 0 Å². The van der Waals surface area contributed by atoms with Gasteiger partial charge in [-0.3, -0.25) is 9.48 Å². The zero-order chi connectivity index (χ0) is 17.4. The maximum Gasteiger partial charge on any atom is 0.268 e. The highest BCUT2D eigenvalue weighted by molar-refractivity contribution is 5.99. The van der Waals surface area contributed by atoms with E-state index in [4.69, 9.17) is 0 Å². The Bertz CT molecular complexity index is 904. The zero-order valence-corrected chi connectivity index (χ0v) is 14.9. The molecule has 0 radical (unpaired) electrons. The van der Waals surface area contributed by atoms with Crippen LogP contribution in [0.5, 0.6) is 0 Å². The molecule has 2 aromatic heterocycles. The van der Waals surface area contributed by atoms with Crippen LogP contribution in [0.25, 0.3) is 10.9 Å². The lowest BCUT2D eigenvalue weighted by atomic mass is 10.2. The molecule has 0 fully saturated rings. The van der Waals surface area contributed by atoms with Crippen LogP contribution in [0.15, 0.2) is 30.3 Å². The monoisotopic (exact) mass is 324 g/mol. The Morgan fingerprint density at radius 2 is 2.00 bits per heavy atom. The summed E-state index contributed by atoms with van der Waals surface area (Å²) in [5, 5.41) is 8.63. The second-order valence-electron chi connectivity index (χ2n) is 6.59. The first-order valence-electron chi connectivity index (χ1n) is 8.23. The van der Waals surface area contributed by atoms with Gasteiger partial charge in [0.15, 0.2) is 0 Å². The van der Waals surface area contributed by atoms with Crippen molar-refractivity contribution in [2.45, 2.75) is 40.3 Å². The Balaban J connectivity index is 1.78. The predicted molar refractivity (Wildman–Crippen MR) is 96.3 cm³/mol. The average molecular weight is 324 g/mol. The largest absolute Gasteiger partial charge is 0.346 e. The minimum Gasteiger partial charge on any atom is -0.346 e. The Labute approximate surface area is 142 Å². The van der Waals surface area contributed by atoms with Crippen molar-refractivity contribution in [3.05, 3.63) is 53.0 Å². The molecule has 0 spiro atoms. The Kier molecular flexibility index (Phi) is 4.18. The molecule has 1 atom stereocenters. The molecule has 0 bridgehead atoms. The van der Waals surface area contributed by atoms with Gasteiger partial charge in [-0.2, -0.15) is 5.10 Å². The second-order valence-corrected chi connectivity index (χ2v) is 6.59. The van der Waals surface area contributed by atoms with Crippen LogP contribution in [-0.2, 0) is 13.6 Å². The molecule has 24 heavy (non-hydrogen) atoms. The predicted octanol–water partition coefficient (Wildman–Crippen LogP) is 3.12. The quantitative estimate of drug-likeness (QED) is 0.801. The van der Waals surface area contributed by atoms with E-state index in [9.17, 15) is 4.79 Å². The van der Waals surface area contributed by atoms with Crippen LogP contribution in [0.3, 0.4) is 0 Å². The summed E-state index contributed by atoms with van der Waals surface area (Å²) in [4.78, 5) is 12.7. The molecule has 1 N–H and O–H groups in total. The lowest BCUT2D eigenvalue weighted by molar-refractivity contribution is 0.0928. The summed E-state index contributed by atoms with van der Waals surface area (Å²) < 4.78 is 3.90. The minimum absolute atomic E-state index is 0.00499. The van der Waals surface area contributed by atoms with E-state index in [0.717, 1.165) is 22.3 Å². The van der Waals surface area contributed by atoms with Gasteiger partial charge in [0.1, 0.15) is 5.69 Å². The van der Waals surface area contributed by atoms with Crippen molar-refractivity contribution in [1.82, 2.24) is 19.7 Å². The number of carbonyl (C=O) groups excluding carboxylic acids is 1. The van der Waals surface area contributed by atoms with Crippen molar-refractivity contribution in [2.24, 2.45) is 7.05 Å². The van der Waals surface area contributed by atoms with Crippen LogP contribution in [0.4, 0.5) is 0 Å². The van der Waals surface area contributed by atoms with E-state index >= 15 is 0 Å². The average Bonchev–Trinajstić information content (AvgIpc) is 3.00. The number of hydrogen-bond acceptors (Lipinski definition) is 2. The van der Waals surface area contributed by atoms with Gasteiger partial charge in [0.05, 0.1) is 17.8 Å². The molecular weight excluding hydrogens is 300 g/mol. The fourth-order valence-electron chi connectivity index (χ4n) is 3.30. The van der Waals surface area contributed by atoms with Crippen molar-refractivity contribution in [3.8, 4) is 0 Å². The number of nitrogens with one attached hydrogen (secondary N) is 1. The number of para-hydroxylation sites is 1. The topological polar surface area (TPSA) is 51.9 Å². The third-order valence-corrected chi connectivity index (χ3v) is 4.42. The number of rotatable bonds is 4. The van der Waals surface area contributed by atoms with Gasteiger partial charge in [-0.05, 0) is 45.4 Å². The first kappa shape index (κ1) is 16.3. The van der Waals surface area contributed by atoms with Crippen LogP contribution < -0.4 is 5.32 Å². The molecule has 0 saturated heterocycles. The maximum absolute atomic E-state index is 12.7. The summed E-state index contributed by atoms with van der Waals surface area (Å²) in [5.74, 6) is -0.0536. The Hall–Kier alpha value is -2.56. The molecule has 3 rings (SSSR count). The van der Waals surface area contributed by atoms with Gasteiger partial charge in [0, 0.05) is 24.2 Å². The highest BCUT2D eigenvalue weighted by atomic mass is 16.2. The van der Waals surface area contributed by atoms with Gasteiger partial charge in [-0.25, -0.2) is 0 Å². The molecule has 5 nitrogen and oxygen atoms in total. The number of aromatic nitrogens is 3. The molecular formula is C19H24N4O. The van der Waals surface area contributed by atoms with E-state index in [0.29, 0.717) is 12.2 Å². The SMILES string of the molecule is Cc1cc(C)n(CC(C)NC(=O)c2cc3cccc(C)c3n2C)n1. The van der Waals surface area contributed by atoms with Crippen molar-refractivity contribution >= 4 is 16.8 Å². The third-order valence-electron chi connectivity index (χ3n) is 4.42. The smallest absolute Gasteiger partial charge is 0.268 e. The summed E-state index contributed by atoms with van der Waals surface area (Å²) >= 11 is 0. The Morgan fingerprint density at radius 1 is 1.25 bits per heavy atom. The van der Waals surface area contributed by atoms with Gasteiger partial charge < -0.3 is 9.88 Å². The molecule has 1 aromatic carbocycles. The van der Waals surface area contributed by atoms with Crippen molar-refractivity contribution in [3.63, 3.8) is 0 Å². The normalized spacial score (nSPS) is 12.5. The number of carbonyl (C=O) groups is 1. The van der Waals surface area contributed by atoms with Crippen LogP contribution in [0, 0.1) is 20.8 Å². The molecule has 126 valence electrons. The fourth-order valence-corrected chi connectivity index (χ4v) is 3.30. The van der Waals surface area contributed by atoms with E-state index in [1.165, 1.54) is 5.56 Å². The van der Waals surface area contributed by atoms with Gasteiger partial charge >= 0.3 is 0 Å².